The maximum absolute atomic E-state index is 13.1. The summed E-state index contributed by atoms with van der Waals surface area (Å²) in [6.45, 7) is 5.60. The molecule has 29 heavy (non-hydrogen) atoms. The van der Waals surface area contributed by atoms with Gasteiger partial charge in [0.25, 0.3) is 0 Å². The fraction of sp³-hybridized carbons (Fsp3) is 0.375. The summed E-state index contributed by atoms with van der Waals surface area (Å²) in [5, 5.41) is 4.16. The summed E-state index contributed by atoms with van der Waals surface area (Å²) < 4.78 is 5.56. The van der Waals surface area contributed by atoms with Crippen LogP contribution in [0.5, 0.6) is 0 Å². The zero-order chi connectivity index (χ0) is 20.2. The van der Waals surface area contributed by atoms with Crippen molar-refractivity contribution >= 4 is 5.91 Å². The van der Waals surface area contributed by atoms with Gasteiger partial charge >= 0.3 is 0 Å². The lowest BCUT2D eigenvalue weighted by molar-refractivity contribution is -0.134. The highest BCUT2D eigenvalue weighted by Gasteiger charge is 2.31. The quantitative estimate of drug-likeness (QED) is 0.620. The van der Waals surface area contributed by atoms with Gasteiger partial charge in [0.05, 0.1) is 5.92 Å². The van der Waals surface area contributed by atoms with Gasteiger partial charge in [-0.15, -0.1) is 0 Å². The lowest BCUT2D eigenvalue weighted by Crippen LogP contribution is -2.40. The van der Waals surface area contributed by atoms with Crippen molar-refractivity contribution in [1.29, 1.82) is 0 Å². The Balaban J connectivity index is 1.39. The van der Waals surface area contributed by atoms with E-state index in [0.29, 0.717) is 11.7 Å². The zero-order valence-corrected chi connectivity index (χ0v) is 17.0. The van der Waals surface area contributed by atoms with E-state index in [1.165, 1.54) is 5.56 Å². The van der Waals surface area contributed by atoms with Gasteiger partial charge in [0.1, 0.15) is 0 Å². The van der Waals surface area contributed by atoms with E-state index in [-0.39, 0.29) is 17.7 Å². The lowest BCUT2D eigenvalue weighted by atomic mass is 9.92. The molecule has 0 spiro atoms. The Kier molecular flexibility index (Phi) is 5.74. The first-order valence-corrected chi connectivity index (χ1v) is 10.4. The maximum Gasteiger partial charge on any atom is 0.230 e. The van der Waals surface area contributed by atoms with Crippen LogP contribution in [0, 0.1) is 6.92 Å². The molecule has 5 nitrogen and oxygen atoms in total. The average Bonchev–Trinajstić information content (AvgIpc) is 3.26. The van der Waals surface area contributed by atoms with Crippen LogP contribution in [-0.4, -0.2) is 34.0 Å². The minimum absolute atomic E-state index is 0.0655. The monoisotopic (exact) mass is 389 g/mol. The van der Waals surface area contributed by atoms with Crippen LogP contribution in [0.4, 0.5) is 0 Å². The Bertz CT molecular complexity index is 942. The van der Waals surface area contributed by atoms with Crippen LogP contribution in [0.1, 0.15) is 55.0 Å². The van der Waals surface area contributed by atoms with E-state index < -0.39 is 0 Å². The third-order valence-electron chi connectivity index (χ3n) is 5.82. The second kappa shape index (κ2) is 8.60. The number of aromatic nitrogens is 2. The molecule has 0 aliphatic carbocycles. The largest absolute Gasteiger partial charge is 0.342 e. The number of carbonyl (C=O) groups is 1. The van der Waals surface area contributed by atoms with E-state index in [9.17, 15) is 4.79 Å². The Morgan fingerprint density at radius 3 is 2.45 bits per heavy atom. The molecule has 1 fully saturated rings. The molecule has 1 atom stereocenters. The number of likely N-dealkylation sites (tertiary alicyclic amines) is 1. The summed E-state index contributed by atoms with van der Waals surface area (Å²) in [6, 6.07) is 18.2. The number of benzene rings is 2. The highest BCUT2D eigenvalue weighted by atomic mass is 16.5. The Morgan fingerprint density at radius 2 is 1.79 bits per heavy atom. The molecule has 2 heterocycles. The molecule has 2 aromatic carbocycles. The van der Waals surface area contributed by atoms with Crippen LogP contribution in [0.15, 0.2) is 59.1 Å². The first kappa shape index (κ1) is 19.4. The molecule has 3 aromatic rings. The summed E-state index contributed by atoms with van der Waals surface area (Å²) >= 11 is 0. The summed E-state index contributed by atoms with van der Waals surface area (Å²) in [5.74, 6) is 1.69. The van der Waals surface area contributed by atoms with Gasteiger partial charge < -0.3 is 9.42 Å². The molecule has 0 bridgehead atoms. The first-order chi connectivity index (χ1) is 14.2. The van der Waals surface area contributed by atoms with Gasteiger partial charge in [-0.25, -0.2) is 0 Å². The van der Waals surface area contributed by atoms with E-state index in [4.69, 9.17) is 4.52 Å². The average molecular weight is 389 g/mol. The molecule has 4 rings (SSSR count). The number of hydrogen-bond acceptors (Lipinski definition) is 4. The van der Waals surface area contributed by atoms with Crippen LogP contribution in [0.2, 0.25) is 0 Å². The molecular weight excluding hydrogens is 362 g/mol. The summed E-state index contributed by atoms with van der Waals surface area (Å²) in [7, 11) is 0. The number of aryl methyl sites for hydroxylation is 1. The van der Waals surface area contributed by atoms with E-state index in [1.54, 1.807) is 0 Å². The predicted molar refractivity (Wildman–Crippen MR) is 113 cm³/mol. The molecule has 1 saturated heterocycles. The van der Waals surface area contributed by atoms with E-state index in [2.05, 4.69) is 24.0 Å². The number of nitrogens with zero attached hydrogens (tertiary/aromatic N) is 3. The zero-order valence-electron chi connectivity index (χ0n) is 17.0. The molecule has 0 radical (unpaired) electrons. The number of carbonyl (C=O) groups excluding carboxylic acids is 1. The Hall–Kier alpha value is -2.95. The molecule has 1 aromatic heterocycles. The van der Waals surface area contributed by atoms with Gasteiger partial charge in [0.15, 0.2) is 0 Å². The normalized spacial score (nSPS) is 16.0. The predicted octanol–water partition coefficient (Wildman–Crippen LogP) is 4.94. The van der Waals surface area contributed by atoms with Crippen LogP contribution in [-0.2, 0) is 4.79 Å². The molecule has 0 saturated carbocycles. The van der Waals surface area contributed by atoms with Crippen molar-refractivity contribution in [2.75, 3.05) is 13.1 Å². The third kappa shape index (κ3) is 4.24. The van der Waals surface area contributed by atoms with Crippen LogP contribution in [0.3, 0.4) is 0 Å². The summed E-state index contributed by atoms with van der Waals surface area (Å²) in [5.41, 5.74) is 3.27. The van der Waals surface area contributed by atoms with Gasteiger partial charge in [-0.2, -0.15) is 4.98 Å². The minimum Gasteiger partial charge on any atom is -0.342 e. The first-order valence-electron chi connectivity index (χ1n) is 10.4. The summed E-state index contributed by atoms with van der Waals surface area (Å²) in [6.07, 6.45) is 2.52. The maximum atomic E-state index is 13.1. The fourth-order valence-electron chi connectivity index (χ4n) is 4.03. The number of rotatable bonds is 5. The molecular formula is C24H27N3O2. The van der Waals surface area contributed by atoms with Crippen molar-refractivity contribution in [3.63, 3.8) is 0 Å². The van der Waals surface area contributed by atoms with Crippen LogP contribution < -0.4 is 0 Å². The molecule has 5 heteroatoms. The number of piperidine rings is 1. The Labute approximate surface area is 171 Å². The fourth-order valence-corrected chi connectivity index (χ4v) is 4.03. The van der Waals surface area contributed by atoms with Gasteiger partial charge in [-0.1, -0.05) is 72.2 Å². The lowest BCUT2D eigenvalue weighted by Gasteiger charge is -2.33. The van der Waals surface area contributed by atoms with Gasteiger partial charge in [0.2, 0.25) is 17.6 Å². The van der Waals surface area contributed by atoms with Crippen molar-refractivity contribution in [1.82, 2.24) is 15.0 Å². The van der Waals surface area contributed by atoms with E-state index >= 15 is 0 Å². The molecule has 1 amide bonds. The topological polar surface area (TPSA) is 59.2 Å². The smallest absolute Gasteiger partial charge is 0.230 e. The second-order valence-corrected chi connectivity index (χ2v) is 7.79. The van der Waals surface area contributed by atoms with Crippen molar-refractivity contribution in [2.45, 2.75) is 44.9 Å². The van der Waals surface area contributed by atoms with Gasteiger partial charge in [-0.05, 0) is 31.7 Å². The van der Waals surface area contributed by atoms with E-state index in [1.807, 2.05) is 59.5 Å². The van der Waals surface area contributed by atoms with Gasteiger partial charge in [0, 0.05) is 24.6 Å². The van der Waals surface area contributed by atoms with Crippen molar-refractivity contribution in [3.05, 3.63) is 71.6 Å². The summed E-state index contributed by atoms with van der Waals surface area (Å²) in [4.78, 5) is 19.7. The molecule has 0 N–H and O–H groups in total. The van der Waals surface area contributed by atoms with Crippen LogP contribution >= 0.6 is 0 Å². The highest BCUT2D eigenvalue weighted by Crippen LogP contribution is 2.31. The van der Waals surface area contributed by atoms with Crippen molar-refractivity contribution in [2.24, 2.45) is 0 Å². The molecule has 1 unspecified atom stereocenters. The van der Waals surface area contributed by atoms with Gasteiger partial charge in [-0.3, -0.25) is 4.79 Å². The minimum atomic E-state index is -0.0655. The molecule has 1 aliphatic heterocycles. The van der Waals surface area contributed by atoms with Crippen molar-refractivity contribution in [3.8, 4) is 11.4 Å². The number of hydrogen-bond donors (Lipinski definition) is 0. The highest BCUT2D eigenvalue weighted by molar-refractivity contribution is 5.83. The van der Waals surface area contributed by atoms with Crippen LogP contribution in [0.25, 0.3) is 11.4 Å². The third-order valence-corrected chi connectivity index (χ3v) is 5.82. The second-order valence-electron chi connectivity index (χ2n) is 7.79. The number of amides is 1. The van der Waals surface area contributed by atoms with Crippen molar-refractivity contribution < 1.29 is 9.32 Å². The Morgan fingerprint density at radius 1 is 1.10 bits per heavy atom. The standard InChI is InChI=1S/C24H27N3O2/c1-3-21(18-7-5-4-6-8-18)24(28)27-15-13-20(14-16-27)23-25-22(26-29-23)19-11-9-17(2)10-12-19/h4-12,20-21H,3,13-16H2,1-2H3. The molecule has 1 aliphatic rings. The SMILES string of the molecule is CCC(C(=O)N1CCC(c2nc(-c3ccc(C)cc3)no2)CC1)c1ccccc1. The van der Waals surface area contributed by atoms with E-state index in [0.717, 1.165) is 43.5 Å². The molecule has 150 valence electrons.